The Balaban J connectivity index is 1.48. The maximum Gasteiger partial charge on any atom is 0.258 e. The lowest BCUT2D eigenvalue weighted by Crippen LogP contribution is -2.43. The van der Waals surface area contributed by atoms with Crippen LogP contribution in [0.2, 0.25) is 0 Å². The van der Waals surface area contributed by atoms with Crippen molar-refractivity contribution in [2.24, 2.45) is 5.92 Å². The Kier molecular flexibility index (Phi) is 6.65. The Hall–Kier alpha value is -3.15. The lowest BCUT2D eigenvalue weighted by Gasteiger charge is -2.33. The number of hydrogen-bond acceptors (Lipinski definition) is 5. The van der Waals surface area contributed by atoms with Crippen molar-refractivity contribution in [2.75, 3.05) is 24.6 Å². The molecular formula is C25H30N4O2. The minimum absolute atomic E-state index is 0.0773. The zero-order chi connectivity index (χ0) is 21.6. The number of nitrogens with one attached hydrogen (secondary N) is 1. The Morgan fingerprint density at radius 2 is 1.87 bits per heavy atom. The van der Waals surface area contributed by atoms with E-state index in [1.807, 2.05) is 24.3 Å². The van der Waals surface area contributed by atoms with Crippen molar-refractivity contribution in [2.45, 2.75) is 39.7 Å². The van der Waals surface area contributed by atoms with Crippen molar-refractivity contribution in [1.82, 2.24) is 15.3 Å². The van der Waals surface area contributed by atoms with Crippen LogP contribution in [0.4, 0.5) is 5.82 Å². The Bertz CT molecular complexity index is 1040. The van der Waals surface area contributed by atoms with E-state index >= 15 is 0 Å². The van der Waals surface area contributed by atoms with Gasteiger partial charge in [-0.15, -0.1) is 0 Å². The van der Waals surface area contributed by atoms with E-state index in [1.54, 1.807) is 0 Å². The molecule has 6 nitrogen and oxygen atoms in total. The number of rotatable bonds is 7. The monoisotopic (exact) mass is 418 g/mol. The lowest BCUT2D eigenvalue weighted by molar-refractivity contribution is -0.125. The van der Waals surface area contributed by atoms with Crippen molar-refractivity contribution in [3.05, 3.63) is 59.7 Å². The summed E-state index contributed by atoms with van der Waals surface area (Å²) >= 11 is 0. The third kappa shape index (κ3) is 5.13. The van der Waals surface area contributed by atoms with Crippen LogP contribution >= 0.6 is 0 Å². The molecule has 1 aliphatic heterocycles. The molecule has 0 aliphatic carbocycles. The van der Waals surface area contributed by atoms with E-state index in [1.165, 1.54) is 5.56 Å². The summed E-state index contributed by atoms with van der Waals surface area (Å²) in [6.45, 7) is 6.74. The number of nitrogens with zero attached hydrogens (tertiary/aromatic N) is 3. The largest absolute Gasteiger partial charge is 0.475 e. The van der Waals surface area contributed by atoms with Gasteiger partial charge < -0.3 is 15.0 Å². The highest BCUT2D eigenvalue weighted by Crippen LogP contribution is 2.30. The topological polar surface area (TPSA) is 67.4 Å². The molecule has 31 heavy (non-hydrogen) atoms. The second-order valence-electron chi connectivity index (χ2n) is 8.18. The molecule has 0 saturated carbocycles. The summed E-state index contributed by atoms with van der Waals surface area (Å²) in [5, 5.41) is 3.11. The first kappa shape index (κ1) is 21.1. The fourth-order valence-electron chi connectivity index (χ4n) is 3.90. The second kappa shape index (κ2) is 9.77. The third-order valence-electron chi connectivity index (χ3n) is 5.64. The zero-order valence-electron chi connectivity index (χ0n) is 18.3. The predicted molar refractivity (Wildman–Crippen MR) is 123 cm³/mol. The van der Waals surface area contributed by atoms with Gasteiger partial charge in [-0.2, -0.15) is 0 Å². The number of aryl methyl sites for hydroxylation is 1. The highest BCUT2D eigenvalue weighted by molar-refractivity contribution is 5.80. The fourth-order valence-corrected chi connectivity index (χ4v) is 3.90. The molecule has 1 atom stereocenters. The average molecular weight is 419 g/mol. The number of anilines is 1. The number of carbonyl (C=O) groups is 1. The van der Waals surface area contributed by atoms with Crippen LogP contribution in [0.1, 0.15) is 37.3 Å². The standard InChI is InChI=1S/C25H30N4O2/c1-3-15-31-25-23(27-21-8-4-5-9-22(21)28-25)29-14-6-7-20(17-29)24(30)26-16-19-12-10-18(2)11-13-19/h4-5,8-13,20H,3,6-7,14-17H2,1-2H3,(H,26,30). The van der Waals surface area contributed by atoms with Gasteiger partial charge >= 0.3 is 0 Å². The number of fused-ring (bicyclic) bond motifs is 1. The molecule has 3 aromatic rings. The van der Waals surface area contributed by atoms with Gasteiger partial charge in [-0.05, 0) is 43.9 Å². The molecule has 4 rings (SSSR count). The van der Waals surface area contributed by atoms with Crippen LogP contribution < -0.4 is 15.0 Å². The number of ether oxygens (including phenoxy) is 1. The summed E-state index contributed by atoms with van der Waals surface area (Å²) in [5.41, 5.74) is 3.99. The van der Waals surface area contributed by atoms with Crippen LogP contribution in [0, 0.1) is 12.8 Å². The maximum absolute atomic E-state index is 12.9. The molecule has 2 aromatic carbocycles. The molecule has 1 N–H and O–H groups in total. The first-order valence-electron chi connectivity index (χ1n) is 11.1. The van der Waals surface area contributed by atoms with Crippen LogP contribution in [0.25, 0.3) is 11.0 Å². The van der Waals surface area contributed by atoms with Crippen LogP contribution in [0.3, 0.4) is 0 Å². The minimum Gasteiger partial charge on any atom is -0.475 e. The fraction of sp³-hybridized carbons (Fsp3) is 0.400. The summed E-state index contributed by atoms with van der Waals surface area (Å²) in [6, 6.07) is 16.1. The van der Waals surface area contributed by atoms with E-state index in [0.717, 1.165) is 48.2 Å². The van der Waals surface area contributed by atoms with Crippen molar-refractivity contribution < 1.29 is 9.53 Å². The number of piperidine rings is 1. The summed E-state index contributed by atoms with van der Waals surface area (Å²) in [6.07, 6.45) is 2.71. The first-order valence-corrected chi connectivity index (χ1v) is 11.1. The van der Waals surface area contributed by atoms with Crippen molar-refractivity contribution >= 4 is 22.8 Å². The summed E-state index contributed by atoms with van der Waals surface area (Å²) in [4.78, 5) is 24.6. The van der Waals surface area contributed by atoms with E-state index in [-0.39, 0.29) is 11.8 Å². The number of aromatic nitrogens is 2. The van der Waals surface area contributed by atoms with E-state index < -0.39 is 0 Å². The number of para-hydroxylation sites is 2. The molecule has 1 aromatic heterocycles. The quantitative estimate of drug-likeness (QED) is 0.621. The number of carbonyl (C=O) groups excluding carboxylic acids is 1. The third-order valence-corrected chi connectivity index (χ3v) is 5.64. The van der Waals surface area contributed by atoms with Gasteiger partial charge in [-0.1, -0.05) is 48.9 Å². The zero-order valence-corrected chi connectivity index (χ0v) is 18.3. The molecule has 6 heteroatoms. The SMILES string of the molecule is CCCOc1nc2ccccc2nc1N1CCCC(C(=O)NCc2ccc(C)cc2)C1. The molecule has 1 saturated heterocycles. The second-order valence-corrected chi connectivity index (χ2v) is 8.18. The van der Waals surface area contributed by atoms with Gasteiger partial charge in [0.05, 0.1) is 23.6 Å². The minimum atomic E-state index is -0.0773. The van der Waals surface area contributed by atoms with Crippen molar-refractivity contribution in [3.63, 3.8) is 0 Å². The molecule has 1 aliphatic rings. The van der Waals surface area contributed by atoms with Crippen LogP contribution in [0.5, 0.6) is 5.88 Å². The average Bonchev–Trinajstić information content (AvgIpc) is 2.81. The van der Waals surface area contributed by atoms with Gasteiger partial charge in [0, 0.05) is 19.6 Å². The molecule has 0 bridgehead atoms. The molecule has 162 valence electrons. The van der Waals surface area contributed by atoms with Gasteiger partial charge in [-0.3, -0.25) is 4.79 Å². The van der Waals surface area contributed by atoms with Crippen molar-refractivity contribution in [3.8, 4) is 5.88 Å². The molecule has 2 heterocycles. The first-order chi connectivity index (χ1) is 15.1. The van der Waals surface area contributed by atoms with Gasteiger partial charge in [0.25, 0.3) is 5.88 Å². The summed E-state index contributed by atoms with van der Waals surface area (Å²) in [7, 11) is 0. The Morgan fingerprint density at radius 1 is 1.13 bits per heavy atom. The van der Waals surface area contributed by atoms with Crippen molar-refractivity contribution in [1.29, 1.82) is 0 Å². The molecular weight excluding hydrogens is 388 g/mol. The molecule has 1 amide bonds. The molecule has 0 spiro atoms. The summed E-state index contributed by atoms with van der Waals surface area (Å²) < 4.78 is 5.94. The number of amides is 1. The van der Waals surface area contributed by atoms with E-state index in [9.17, 15) is 4.79 Å². The van der Waals surface area contributed by atoms with Crippen LogP contribution in [-0.4, -0.2) is 35.6 Å². The predicted octanol–water partition coefficient (Wildman–Crippen LogP) is 4.26. The molecule has 0 radical (unpaired) electrons. The Morgan fingerprint density at radius 3 is 2.61 bits per heavy atom. The maximum atomic E-state index is 12.9. The Labute approximate surface area is 183 Å². The molecule has 1 unspecified atom stereocenters. The summed E-state index contributed by atoms with van der Waals surface area (Å²) in [5.74, 6) is 1.31. The molecule has 1 fully saturated rings. The van der Waals surface area contributed by atoms with Gasteiger partial charge in [0.2, 0.25) is 5.91 Å². The van der Waals surface area contributed by atoms with Gasteiger partial charge in [0.15, 0.2) is 5.82 Å². The number of hydrogen-bond donors (Lipinski definition) is 1. The normalized spacial score (nSPS) is 16.3. The highest BCUT2D eigenvalue weighted by atomic mass is 16.5. The number of benzene rings is 2. The smallest absolute Gasteiger partial charge is 0.258 e. The van der Waals surface area contributed by atoms with E-state index in [0.29, 0.717) is 25.6 Å². The van der Waals surface area contributed by atoms with Gasteiger partial charge in [0.1, 0.15) is 0 Å². The van der Waals surface area contributed by atoms with E-state index in [2.05, 4.69) is 48.3 Å². The van der Waals surface area contributed by atoms with Crippen LogP contribution in [-0.2, 0) is 11.3 Å². The van der Waals surface area contributed by atoms with Crippen LogP contribution in [0.15, 0.2) is 48.5 Å². The van der Waals surface area contributed by atoms with Gasteiger partial charge in [-0.25, -0.2) is 9.97 Å². The lowest BCUT2D eigenvalue weighted by atomic mass is 9.97. The van der Waals surface area contributed by atoms with E-state index in [4.69, 9.17) is 14.7 Å². The highest BCUT2D eigenvalue weighted by Gasteiger charge is 2.28.